The van der Waals surface area contributed by atoms with E-state index >= 15 is 0 Å². The fourth-order valence-electron chi connectivity index (χ4n) is 2.17. The van der Waals surface area contributed by atoms with Crippen molar-refractivity contribution in [2.24, 2.45) is 0 Å². The minimum atomic E-state index is -3.70. The van der Waals surface area contributed by atoms with Crippen LogP contribution in [-0.4, -0.2) is 35.0 Å². The number of benzene rings is 2. The van der Waals surface area contributed by atoms with Gasteiger partial charge in [0.1, 0.15) is 0 Å². The molecule has 0 aliphatic rings. The summed E-state index contributed by atoms with van der Waals surface area (Å²) in [6.07, 6.45) is 0.842. The van der Waals surface area contributed by atoms with Crippen LogP contribution >= 0.6 is 0 Å². The number of amides is 1. The Balaban J connectivity index is 2.12. The highest BCUT2D eigenvalue weighted by atomic mass is 32.2. The van der Waals surface area contributed by atoms with Gasteiger partial charge in [0.2, 0.25) is 0 Å². The molecule has 0 aliphatic carbocycles. The molecule has 1 amide bonds. The largest absolute Gasteiger partial charge is 0.378 e. The summed E-state index contributed by atoms with van der Waals surface area (Å²) in [4.78, 5) is 13.9. The molecule has 0 heterocycles. The zero-order chi connectivity index (χ0) is 18.4. The smallest absolute Gasteiger partial charge is 0.261 e. The van der Waals surface area contributed by atoms with Gasteiger partial charge in [-0.1, -0.05) is 6.92 Å². The van der Waals surface area contributed by atoms with Crippen LogP contribution in [0.3, 0.4) is 0 Å². The average molecular weight is 361 g/mol. The van der Waals surface area contributed by atoms with Crippen LogP contribution in [0, 0.1) is 0 Å². The fourth-order valence-corrected chi connectivity index (χ4v) is 3.23. The molecule has 134 valence electrons. The number of nitrogens with one attached hydrogen (secondary N) is 2. The zero-order valence-electron chi connectivity index (χ0n) is 14.6. The van der Waals surface area contributed by atoms with Crippen LogP contribution in [0.1, 0.15) is 23.7 Å². The first-order chi connectivity index (χ1) is 11.8. The number of hydrogen-bond acceptors (Lipinski definition) is 4. The summed E-state index contributed by atoms with van der Waals surface area (Å²) in [6.45, 7) is 2.55. The van der Waals surface area contributed by atoms with E-state index in [2.05, 4.69) is 10.0 Å². The molecule has 0 unspecified atom stereocenters. The van der Waals surface area contributed by atoms with Gasteiger partial charge in [0.15, 0.2) is 0 Å². The van der Waals surface area contributed by atoms with Crippen molar-refractivity contribution in [3.05, 3.63) is 54.1 Å². The number of carbonyl (C=O) groups is 1. The minimum Gasteiger partial charge on any atom is -0.378 e. The molecule has 25 heavy (non-hydrogen) atoms. The lowest BCUT2D eigenvalue weighted by Crippen LogP contribution is -2.24. The average Bonchev–Trinajstić information content (AvgIpc) is 2.60. The van der Waals surface area contributed by atoms with E-state index in [9.17, 15) is 13.2 Å². The second-order valence-corrected chi connectivity index (χ2v) is 7.51. The van der Waals surface area contributed by atoms with E-state index in [-0.39, 0.29) is 10.8 Å². The number of nitrogens with zero attached hydrogens (tertiary/aromatic N) is 1. The molecule has 0 fully saturated rings. The Morgan fingerprint density at radius 1 is 1.00 bits per heavy atom. The van der Waals surface area contributed by atoms with Gasteiger partial charge in [0.05, 0.1) is 4.90 Å². The summed E-state index contributed by atoms with van der Waals surface area (Å²) < 4.78 is 27.4. The number of hydrogen-bond donors (Lipinski definition) is 2. The molecule has 0 saturated heterocycles. The van der Waals surface area contributed by atoms with E-state index in [0.29, 0.717) is 17.8 Å². The molecule has 0 saturated carbocycles. The first-order valence-corrected chi connectivity index (χ1v) is 9.50. The number of rotatable bonds is 7. The van der Waals surface area contributed by atoms with Gasteiger partial charge in [-0.2, -0.15) is 0 Å². The van der Waals surface area contributed by atoms with Gasteiger partial charge in [0.25, 0.3) is 15.9 Å². The lowest BCUT2D eigenvalue weighted by molar-refractivity contribution is 0.0953. The zero-order valence-corrected chi connectivity index (χ0v) is 15.4. The quantitative estimate of drug-likeness (QED) is 0.795. The van der Waals surface area contributed by atoms with Crippen LogP contribution in [0.5, 0.6) is 0 Å². The van der Waals surface area contributed by atoms with Gasteiger partial charge in [-0.25, -0.2) is 8.42 Å². The molecule has 0 aliphatic heterocycles. The maximum absolute atomic E-state index is 12.5. The highest BCUT2D eigenvalue weighted by molar-refractivity contribution is 7.92. The Labute approximate surface area is 148 Å². The molecular weight excluding hydrogens is 338 g/mol. The van der Waals surface area contributed by atoms with Crippen molar-refractivity contribution < 1.29 is 13.2 Å². The molecule has 2 N–H and O–H groups in total. The van der Waals surface area contributed by atoms with Crippen molar-refractivity contribution in [2.75, 3.05) is 30.3 Å². The Bertz CT molecular complexity index is 814. The molecule has 0 spiro atoms. The van der Waals surface area contributed by atoms with Crippen molar-refractivity contribution >= 4 is 27.3 Å². The van der Waals surface area contributed by atoms with Crippen molar-refractivity contribution in [3.63, 3.8) is 0 Å². The Morgan fingerprint density at radius 3 is 2.12 bits per heavy atom. The van der Waals surface area contributed by atoms with Crippen molar-refractivity contribution in [1.82, 2.24) is 5.32 Å². The lowest BCUT2D eigenvalue weighted by atomic mass is 10.2. The topological polar surface area (TPSA) is 78.5 Å². The van der Waals surface area contributed by atoms with Crippen LogP contribution in [0.2, 0.25) is 0 Å². The summed E-state index contributed by atoms with van der Waals surface area (Å²) in [5.74, 6) is -0.210. The number of anilines is 2. The molecule has 2 rings (SSSR count). The maximum Gasteiger partial charge on any atom is 0.261 e. The Morgan fingerprint density at radius 2 is 1.60 bits per heavy atom. The SMILES string of the molecule is CCCNC(=O)c1ccc(S(=O)(=O)Nc2ccc(N(C)C)cc2)cc1. The van der Waals surface area contributed by atoms with Gasteiger partial charge in [-0.3, -0.25) is 9.52 Å². The summed E-state index contributed by atoms with van der Waals surface area (Å²) in [5, 5.41) is 2.75. The first kappa shape index (κ1) is 18.8. The highest BCUT2D eigenvalue weighted by Gasteiger charge is 2.15. The Hall–Kier alpha value is -2.54. The first-order valence-electron chi connectivity index (χ1n) is 8.02. The van der Waals surface area contributed by atoms with Crippen LogP contribution < -0.4 is 14.9 Å². The molecule has 2 aromatic rings. The summed E-state index contributed by atoms with van der Waals surface area (Å²) in [6, 6.07) is 13.0. The number of carbonyl (C=O) groups excluding carboxylic acids is 1. The molecule has 2 aromatic carbocycles. The molecule has 0 aromatic heterocycles. The van der Waals surface area contributed by atoms with E-state index in [4.69, 9.17) is 0 Å². The molecular formula is C18H23N3O3S. The predicted octanol–water partition coefficient (Wildman–Crippen LogP) is 2.69. The van der Waals surface area contributed by atoms with E-state index in [1.165, 1.54) is 24.3 Å². The van der Waals surface area contributed by atoms with Crippen LogP contribution in [0.15, 0.2) is 53.4 Å². The van der Waals surface area contributed by atoms with Gasteiger partial charge in [0, 0.05) is 37.6 Å². The number of sulfonamides is 1. The molecule has 0 atom stereocenters. The predicted molar refractivity (Wildman–Crippen MR) is 101 cm³/mol. The van der Waals surface area contributed by atoms with Gasteiger partial charge >= 0.3 is 0 Å². The van der Waals surface area contributed by atoms with E-state index in [1.807, 2.05) is 38.1 Å². The van der Waals surface area contributed by atoms with Crippen molar-refractivity contribution in [2.45, 2.75) is 18.2 Å². The third-order valence-corrected chi connectivity index (χ3v) is 5.00. The second kappa shape index (κ2) is 8.02. The van der Waals surface area contributed by atoms with Gasteiger partial charge < -0.3 is 10.2 Å². The molecule has 7 heteroatoms. The molecule has 6 nitrogen and oxygen atoms in total. The Kier molecular flexibility index (Phi) is 6.03. The molecule has 0 radical (unpaired) electrons. The van der Waals surface area contributed by atoms with Gasteiger partial charge in [-0.05, 0) is 55.0 Å². The van der Waals surface area contributed by atoms with Crippen LogP contribution in [0.4, 0.5) is 11.4 Å². The minimum absolute atomic E-state index is 0.108. The fraction of sp³-hybridized carbons (Fsp3) is 0.278. The van der Waals surface area contributed by atoms with Crippen LogP contribution in [-0.2, 0) is 10.0 Å². The van der Waals surface area contributed by atoms with Gasteiger partial charge in [-0.15, -0.1) is 0 Å². The standard InChI is InChI=1S/C18H23N3O3S/c1-4-13-19-18(22)14-5-11-17(12-6-14)25(23,24)20-15-7-9-16(10-8-15)21(2)3/h5-12,20H,4,13H2,1-3H3,(H,19,22). The summed E-state index contributed by atoms with van der Waals surface area (Å²) in [5.41, 5.74) is 1.89. The monoisotopic (exact) mass is 361 g/mol. The third kappa shape index (κ3) is 4.96. The summed E-state index contributed by atoms with van der Waals surface area (Å²) in [7, 11) is 0.127. The van der Waals surface area contributed by atoms with Crippen molar-refractivity contribution in [1.29, 1.82) is 0 Å². The van der Waals surface area contributed by atoms with E-state index < -0.39 is 10.0 Å². The van der Waals surface area contributed by atoms with Crippen molar-refractivity contribution in [3.8, 4) is 0 Å². The normalized spacial score (nSPS) is 11.0. The second-order valence-electron chi connectivity index (χ2n) is 5.83. The van der Waals surface area contributed by atoms with E-state index in [1.54, 1.807) is 12.1 Å². The summed E-state index contributed by atoms with van der Waals surface area (Å²) >= 11 is 0. The lowest BCUT2D eigenvalue weighted by Gasteiger charge is -2.13. The highest BCUT2D eigenvalue weighted by Crippen LogP contribution is 2.20. The van der Waals surface area contributed by atoms with E-state index in [0.717, 1.165) is 12.1 Å². The van der Waals surface area contributed by atoms with Crippen LogP contribution in [0.25, 0.3) is 0 Å². The third-order valence-electron chi connectivity index (χ3n) is 3.60. The molecule has 0 bridgehead atoms. The maximum atomic E-state index is 12.5.